The number of nitrogens with one attached hydrogen (secondary N) is 1. The molecule has 1 nitrogen and oxygen atoms in total. The van der Waals surface area contributed by atoms with Crippen LogP contribution in [0.2, 0.25) is 0 Å². The number of halogens is 2. The first-order valence-electron chi connectivity index (χ1n) is 5.85. The fourth-order valence-electron chi connectivity index (χ4n) is 1.83. The molecular formula is C15H15FIN. The summed E-state index contributed by atoms with van der Waals surface area (Å²) in [6.45, 7) is 3.87. The summed E-state index contributed by atoms with van der Waals surface area (Å²) in [5, 5.41) is 3.34. The van der Waals surface area contributed by atoms with Crippen molar-refractivity contribution >= 4 is 28.3 Å². The zero-order valence-corrected chi connectivity index (χ0v) is 12.5. The molecular weight excluding hydrogens is 340 g/mol. The molecule has 0 fully saturated rings. The number of benzene rings is 2. The molecule has 1 atom stereocenters. The van der Waals surface area contributed by atoms with Crippen molar-refractivity contribution in [1.82, 2.24) is 0 Å². The Kier molecular flexibility index (Phi) is 4.22. The van der Waals surface area contributed by atoms with Crippen LogP contribution in [0.1, 0.15) is 24.1 Å². The lowest BCUT2D eigenvalue weighted by molar-refractivity contribution is 0.618. The normalized spacial score (nSPS) is 12.2. The highest BCUT2D eigenvalue weighted by Crippen LogP contribution is 2.24. The Hall–Kier alpha value is -1.10. The zero-order valence-electron chi connectivity index (χ0n) is 10.4. The molecule has 2 rings (SSSR count). The predicted molar refractivity (Wildman–Crippen MR) is 82.3 cm³/mol. The lowest BCUT2D eigenvalue weighted by Gasteiger charge is -2.17. The predicted octanol–water partition coefficient (Wildman–Crippen LogP) is 4.91. The van der Waals surface area contributed by atoms with Crippen molar-refractivity contribution in [2.75, 3.05) is 5.32 Å². The molecule has 0 radical (unpaired) electrons. The number of anilines is 1. The third-order valence-electron chi connectivity index (χ3n) is 3.01. The zero-order chi connectivity index (χ0) is 13.1. The second-order valence-electron chi connectivity index (χ2n) is 4.33. The number of hydrogen-bond acceptors (Lipinski definition) is 1. The lowest BCUT2D eigenvalue weighted by atomic mass is 10.1. The molecule has 0 heterocycles. The summed E-state index contributed by atoms with van der Waals surface area (Å²) < 4.78 is 14.7. The largest absolute Gasteiger partial charge is 0.378 e. The van der Waals surface area contributed by atoms with Gasteiger partial charge in [0.25, 0.3) is 0 Å². The van der Waals surface area contributed by atoms with Gasteiger partial charge in [0, 0.05) is 20.9 Å². The van der Waals surface area contributed by atoms with Gasteiger partial charge in [-0.15, -0.1) is 0 Å². The molecule has 0 bridgehead atoms. The van der Waals surface area contributed by atoms with Crippen molar-refractivity contribution in [1.29, 1.82) is 0 Å². The van der Waals surface area contributed by atoms with E-state index in [2.05, 4.69) is 59.1 Å². The maximum Gasteiger partial charge on any atom is 0.128 e. The minimum Gasteiger partial charge on any atom is -0.378 e. The summed E-state index contributed by atoms with van der Waals surface area (Å²) >= 11 is 2.28. The summed E-state index contributed by atoms with van der Waals surface area (Å²) in [6, 6.07) is 13.6. The van der Waals surface area contributed by atoms with E-state index in [1.54, 1.807) is 13.0 Å². The van der Waals surface area contributed by atoms with E-state index >= 15 is 0 Å². The summed E-state index contributed by atoms with van der Waals surface area (Å²) in [5.74, 6) is -0.171. The first kappa shape index (κ1) is 13.3. The SMILES string of the molecule is Cc1c(F)cccc1NC(C)c1ccc(I)cc1. The molecule has 0 saturated carbocycles. The lowest BCUT2D eigenvalue weighted by Crippen LogP contribution is -2.08. The molecule has 0 amide bonds. The Labute approximate surface area is 121 Å². The first-order chi connectivity index (χ1) is 8.58. The molecule has 0 spiro atoms. The summed E-state index contributed by atoms with van der Waals surface area (Å²) in [5.41, 5.74) is 2.70. The minimum absolute atomic E-state index is 0.155. The highest BCUT2D eigenvalue weighted by Gasteiger charge is 2.08. The van der Waals surface area contributed by atoms with Gasteiger partial charge >= 0.3 is 0 Å². The molecule has 0 saturated heterocycles. The van der Waals surface area contributed by atoms with Gasteiger partial charge in [-0.25, -0.2) is 4.39 Å². The maximum atomic E-state index is 13.4. The Bertz CT molecular complexity index is 537. The molecule has 0 aromatic heterocycles. The molecule has 2 aromatic rings. The summed E-state index contributed by atoms with van der Waals surface area (Å²) in [6.07, 6.45) is 0. The highest BCUT2D eigenvalue weighted by molar-refractivity contribution is 14.1. The maximum absolute atomic E-state index is 13.4. The van der Waals surface area contributed by atoms with Crippen molar-refractivity contribution in [3.8, 4) is 0 Å². The Balaban J connectivity index is 2.18. The van der Waals surface area contributed by atoms with Crippen molar-refractivity contribution in [2.45, 2.75) is 19.9 Å². The molecule has 18 heavy (non-hydrogen) atoms. The van der Waals surface area contributed by atoms with Gasteiger partial charge in [0.1, 0.15) is 5.82 Å². The standard InChI is InChI=1S/C15H15FIN/c1-10-14(16)4-3-5-15(10)18-11(2)12-6-8-13(17)9-7-12/h3-9,11,18H,1-2H3. The van der Waals surface area contributed by atoms with Crippen LogP contribution in [0.4, 0.5) is 10.1 Å². The molecule has 3 heteroatoms. The molecule has 1 unspecified atom stereocenters. The van der Waals surface area contributed by atoms with E-state index in [0.29, 0.717) is 5.56 Å². The van der Waals surface area contributed by atoms with Crippen LogP contribution in [0, 0.1) is 16.3 Å². The monoisotopic (exact) mass is 355 g/mol. The van der Waals surface area contributed by atoms with E-state index in [1.807, 2.05) is 6.07 Å². The van der Waals surface area contributed by atoms with Crippen LogP contribution >= 0.6 is 22.6 Å². The fraction of sp³-hybridized carbons (Fsp3) is 0.200. The third-order valence-corrected chi connectivity index (χ3v) is 3.73. The summed E-state index contributed by atoms with van der Waals surface area (Å²) in [7, 11) is 0. The third kappa shape index (κ3) is 3.02. The fourth-order valence-corrected chi connectivity index (χ4v) is 2.19. The van der Waals surface area contributed by atoms with Gasteiger partial charge in [-0.3, -0.25) is 0 Å². The van der Waals surface area contributed by atoms with Crippen LogP contribution in [0.15, 0.2) is 42.5 Å². The smallest absolute Gasteiger partial charge is 0.128 e. The Morgan fingerprint density at radius 1 is 1.11 bits per heavy atom. The average Bonchev–Trinajstić information content (AvgIpc) is 2.36. The molecule has 2 aromatic carbocycles. The highest BCUT2D eigenvalue weighted by atomic mass is 127. The van der Waals surface area contributed by atoms with E-state index < -0.39 is 0 Å². The van der Waals surface area contributed by atoms with Crippen LogP contribution in [-0.2, 0) is 0 Å². The minimum atomic E-state index is -0.171. The van der Waals surface area contributed by atoms with E-state index in [-0.39, 0.29) is 11.9 Å². The van der Waals surface area contributed by atoms with E-state index in [9.17, 15) is 4.39 Å². The van der Waals surface area contributed by atoms with Crippen LogP contribution in [-0.4, -0.2) is 0 Å². The van der Waals surface area contributed by atoms with Gasteiger partial charge in [-0.05, 0) is 66.3 Å². The van der Waals surface area contributed by atoms with Gasteiger partial charge < -0.3 is 5.32 Å². The molecule has 0 aliphatic rings. The molecule has 0 aliphatic carbocycles. The summed E-state index contributed by atoms with van der Waals surface area (Å²) in [4.78, 5) is 0. The van der Waals surface area contributed by atoms with E-state index in [0.717, 1.165) is 5.69 Å². The van der Waals surface area contributed by atoms with Gasteiger partial charge in [0.15, 0.2) is 0 Å². The van der Waals surface area contributed by atoms with Crippen LogP contribution in [0.25, 0.3) is 0 Å². The van der Waals surface area contributed by atoms with E-state index in [1.165, 1.54) is 15.2 Å². The van der Waals surface area contributed by atoms with Crippen molar-refractivity contribution in [3.05, 3.63) is 63.0 Å². The topological polar surface area (TPSA) is 12.0 Å². The molecule has 94 valence electrons. The number of hydrogen-bond donors (Lipinski definition) is 1. The molecule has 1 N–H and O–H groups in total. The Morgan fingerprint density at radius 2 is 1.78 bits per heavy atom. The van der Waals surface area contributed by atoms with Crippen molar-refractivity contribution in [3.63, 3.8) is 0 Å². The quantitative estimate of drug-likeness (QED) is 0.772. The van der Waals surface area contributed by atoms with Gasteiger partial charge in [0.2, 0.25) is 0 Å². The van der Waals surface area contributed by atoms with E-state index in [4.69, 9.17) is 0 Å². The van der Waals surface area contributed by atoms with Gasteiger partial charge in [-0.2, -0.15) is 0 Å². The average molecular weight is 355 g/mol. The van der Waals surface area contributed by atoms with Crippen LogP contribution < -0.4 is 5.32 Å². The van der Waals surface area contributed by atoms with Gasteiger partial charge in [0.05, 0.1) is 0 Å². The molecule has 0 aliphatic heterocycles. The van der Waals surface area contributed by atoms with Crippen LogP contribution in [0.5, 0.6) is 0 Å². The second kappa shape index (κ2) is 5.69. The first-order valence-corrected chi connectivity index (χ1v) is 6.93. The van der Waals surface area contributed by atoms with Crippen molar-refractivity contribution < 1.29 is 4.39 Å². The van der Waals surface area contributed by atoms with Crippen LogP contribution in [0.3, 0.4) is 0 Å². The van der Waals surface area contributed by atoms with Crippen molar-refractivity contribution in [2.24, 2.45) is 0 Å². The number of rotatable bonds is 3. The Morgan fingerprint density at radius 3 is 2.44 bits per heavy atom. The van der Waals surface area contributed by atoms with Gasteiger partial charge in [-0.1, -0.05) is 18.2 Å². The second-order valence-corrected chi connectivity index (χ2v) is 5.58.